The molecule has 1 aromatic heterocycles. The van der Waals surface area contributed by atoms with E-state index in [1.165, 1.54) is 5.56 Å². The summed E-state index contributed by atoms with van der Waals surface area (Å²) in [6, 6.07) is 19.2. The smallest absolute Gasteiger partial charge is 0.407 e. The average Bonchev–Trinajstić information content (AvgIpc) is 3.36. The van der Waals surface area contributed by atoms with E-state index in [1.807, 2.05) is 53.2 Å². The summed E-state index contributed by atoms with van der Waals surface area (Å²) in [7, 11) is 0. The predicted molar refractivity (Wildman–Crippen MR) is 110 cm³/mol. The van der Waals surface area contributed by atoms with Crippen molar-refractivity contribution in [3.63, 3.8) is 0 Å². The van der Waals surface area contributed by atoms with E-state index in [9.17, 15) is 9.59 Å². The number of aryl methyl sites for hydroxylation is 1. The summed E-state index contributed by atoms with van der Waals surface area (Å²) < 4.78 is 6.60. The van der Waals surface area contributed by atoms with Gasteiger partial charge in [0.05, 0.1) is 11.4 Å². The number of aromatic nitrogens is 2. The topological polar surface area (TPSA) is 85.2 Å². The van der Waals surface area contributed by atoms with Crippen LogP contribution in [-0.4, -0.2) is 34.4 Å². The van der Waals surface area contributed by atoms with Crippen molar-refractivity contribution in [1.29, 1.82) is 0 Å². The molecule has 29 heavy (non-hydrogen) atoms. The van der Waals surface area contributed by atoms with Crippen LogP contribution in [0.15, 0.2) is 60.7 Å². The minimum absolute atomic E-state index is 0.00990. The highest BCUT2D eigenvalue weighted by molar-refractivity contribution is 5.97. The van der Waals surface area contributed by atoms with E-state index in [0.29, 0.717) is 5.82 Å². The van der Waals surface area contributed by atoms with Crippen molar-refractivity contribution in [3.8, 4) is 16.9 Å². The molecule has 2 N–H and O–H groups in total. The first-order chi connectivity index (χ1) is 14.1. The number of anilines is 1. The van der Waals surface area contributed by atoms with Gasteiger partial charge in [-0.15, -0.1) is 5.10 Å². The molecule has 3 aromatic rings. The van der Waals surface area contributed by atoms with Crippen LogP contribution in [0.4, 0.5) is 10.6 Å². The van der Waals surface area contributed by atoms with Crippen LogP contribution >= 0.6 is 0 Å². The highest BCUT2D eigenvalue weighted by Gasteiger charge is 2.29. The van der Waals surface area contributed by atoms with Gasteiger partial charge in [0.25, 0.3) is 5.91 Å². The third-order valence-electron chi connectivity index (χ3n) is 4.71. The Balaban J connectivity index is 1.69. The van der Waals surface area contributed by atoms with Crippen molar-refractivity contribution in [2.75, 3.05) is 11.9 Å². The summed E-state index contributed by atoms with van der Waals surface area (Å²) in [5.41, 5.74) is 4.03. The molecular formula is C22H22N4O3. The van der Waals surface area contributed by atoms with Gasteiger partial charge in [-0.1, -0.05) is 49.7 Å². The number of carbonyl (C=O) groups is 2. The van der Waals surface area contributed by atoms with E-state index in [0.717, 1.165) is 29.8 Å². The van der Waals surface area contributed by atoms with Gasteiger partial charge in [-0.3, -0.25) is 4.79 Å². The van der Waals surface area contributed by atoms with Crippen LogP contribution in [0, 0.1) is 0 Å². The zero-order valence-electron chi connectivity index (χ0n) is 16.1. The maximum atomic E-state index is 12.4. The summed E-state index contributed by atoms with van der Waals surface area (Å²) in [4.78, 5) is 23.6. The Morgan fingerprint density at radius 2 is 2.03 bits per heavy atom. The molecule has 148 valence electrons. The predicted octanol–water partition coefficient (Wildman–Crippen LogP) is 3.54. The lowest BCUT2D eigenvalue weighted by Gasteiger charge is -2.09. The molecule has 7 nitrogen and oxygen atoms in total. The second-order valence-electron chi connectivity index (χ2n) is 6.90. The van der Waals surface area contributed by atoms with E-state index in [-0.39, 0.29) is 12.5 Å². The van der Waals surface area contributed by atoms with E-state index in [4.69, 9.17) is 4.74 Å². The number of carbonyl (C=O) groups excluding carboxylic acids is 2. The normalized spacial score (nSPS) is 15.6. The van der Waals surface area contributed by atoms with Gasteiger partial charge in [0.1, 0.15) is 12.6 Å². The molecule has 0 radical (unpaired) electrons. The summed E-state index contributed by atoms with van der Waals surface area (Å²) in [6.45, 7) is 2.16. The third-order valence-corrected chi connectivity index (χ3v) is 4.71. The Morgan fingerprint density at radius 3 is 2.76 bits per heavy atom. The van der Waals surface area contributed by atoms with Gasteiger partial charge in [0.15, 0.2) is 5.82 Å². The Hall–Kier alpha value is -3.61. The molecule has 1 fully saturated rings. The quantitative estimate of drug-likeness (QED) is 0.674. The monoisotopic (exact) mass is 390 g/mol. The van der Waals surface area contributed by atoms with Gasteiger partial charge in [-0.05, 0) is 30.2 Å². The van der Waals surface area contributed by atoms with Crippen molar-refractivity contribution < 1.29 is 14.3 Å². The Kier molecular flexibility index (Phi) is 5.29. The van der Waals surface area contributed by atoms with Gasteiger partial charge in [-0.25, -0.2) is 9.48 Å². The van der Waals surface area contributed by atoms with E-state index >= 15 is 0 Å². The molecule has 2 aromatic carbocycles. The Morgan fingerprint density at radius 1 is 1.21 bits per heavy atom. The first-order valence-corrected chi connectivity index (χ1v) is 9.63. The van der Waals surface area contributed by atoms with Crippen LogP contribution in [0.2, 0.25) is 0 Å². The van der Waals surface area contributed by atoms with Crippen molar-refractivity contribution in [1.82, 2.24) is 15.1 Å². The molecule has 1 saturated heterocycles. The number of cyclic esters (lactones) is 1. The molecule has 7 heteroatoms. The third kappa shape index (κ3) is 4.13. The standard InChI is InChI=1S/C22H22N4O3/c1-2-7-15-8-6-9-16(12-15)19-13-20(24-21(27)18-14-29-22(28)23-18)25-26(19)17-10-4-3-5-11-17/h3-6,8-13,18H,2,7,14H2,1H3,(H,23,28)(H,24,25,27)/t18-/m1/s1. The van der Waals surface area contributed by atoms with Gasteiger partial charge in [0.2, 0.25) is 0 Å². The van der Waals surface area contributed by atoms with Gasteiger partial charge in [0, 0.05) is 11.6 Å². The molecule has 0 saturated carbocycles. The van der Waals surface area contributed by atoms with Crippen molar-refractivity contribution >= 4 is 17.8 Å². The fourth-order valence-electron chi connectivity index (χ4n) is 3.33. The molecule has 0 bridgehead atoms. The number of benzene rings is 2. The van der Waals surface area contributed by atoms with Crippen LogP contribution in [0.5, 0.6) is 0 Å². The van der Waals surface area contributed by atoms with Crippen LogP contribution < -0.4 is 10.6 Å². The van der Waals surface area contributed by atoms with Crippen LogP contribution in [-0.2, 0) is 16.0 Å². The van der Waals surface area contributed by atoms with Crippen molar-refractivity contribution in [2.45, 2.75) is 25.8 Å². The molecule has 2 heterocycles. The molecule has 0 unspecified atom stereocenters. The van der Waals surface area contributed by atoms with Crippen LogP contribution in [0.25, 0.3) is 16.9 Å². The van der Waals surface area contributed by atoms with E-state index in [2.05, 4.69) is 34.8 Å². The second-order valence-corrected chi connectivity index (χ2v) is 6.90. The number of rotatable bonds is 6. The minimum Gasteiger partial charge on any atom is -0.447 e. The van der Waals surface area contributed by atoms with Gasteiger partial charge >= 0.3 is 6.09 Å². The molecule has 0 spiro atoms. The largest absolute Gasteiger partial charge is 0.447 e. The summed E-state index contributed by atoms with van der Waals surface area (Å²) in [5, 5.41) is 9.85. The Bertz CT molecular complexity index is 1030. The van der Waals surface area contributed by atoms with Gasteiger partial charge in [-0.2, -0.15) is 0 Å². The molecule has 1 aliphatic heterocycles. The zero-order valence-corrected chi connectivity index (χ0v) is 16.1. The number of para-hydroxylation sites is 1. The lowest BCUT2D eigenvalue weighted by atomic mass is 10.0. The first-order valence-electron chi connectivity index (χ1n) is 9.63. The minimum atomic E-state index is -0.722. The zero-order chi connectivity index (χ0) is 20.2. The highest BCUT2D eigenvalue weighted by Crippen LogP contribution is 2.27. The maximum Gasteiger partial charge on any atom is 0.407 e. The van der Waals surface area contributed by atoms with E-state index in [1.54, 1.807) is 0 Å². The number of nitrogens with one attached hydrogen (secondary N) is 2. The van der Waals surface area contributed by atoms with Crippen LogP contribution in [0.3, 0.4) is 0 Å². The lowest BCUT2D eigenvalue weighted by Crippen LogP contribution is -2.38. The van der Waals surface area contributed by atoms with Crippen molar-refractivity contribution in [2.24, 2.45) is 0 Å². The van der Waals surface area contributed by atoms with Gasteiger partial charge < -0.3 is 15.4 Å². The SMILES string of the molecule is CCCc1cccc(-c2cc(NC(=O)[C@H]3COC(=O)N3)nn2-c2ccccc2)c1. The Labute approximate surface area is 168 Å². The molecule has 0 aliphatic carbocycles. The number of nitrogens with zero attached hydrogens (tertiary/aromatic N) is 2. The maximum absolute atomic E-state index is 12.4. The lowest BCUT2D eigenvalue weighted by molar-refractivity contribution is -0.117. The fraction of sp³-hybridized carbons (Fsp3) is 0.227. The number of ether oxygens (including phenoxy) is 1. The number of hydrogen-bond acceptors (Lipinski definition) is 4. The van der Waals surface area contributed by atoms with Crippen LogP contribution in [0.1, 0.15) is 18.9 Å². The average molecular weight is 390 g/mol. The molecule has 2 amide bonds. The molecule has 4 rings (SSSR count). The molecular weight excluding hydrogens is 368 g/mol. The molecule has 1 atom stereocenters. The second kappa shape index (κ2) is 8.18. The first kappa shape index (κ1) is 18.7. The van der Waals surface area contributed by atoms with Crippen molar-refractivity contribution in [3.05, 3.63) is 66.2 Å². The molecule has 1 aliphatic rings. The summed E-state index contributed by atoms with van der Waals surface area (Å²) >= 11 is 0. The number of alkyl carbamates (subject to hydrolysis) is 1. The number of hydrogen-bond donors (Lipinski definition) is 2. The number of amides is 2. The fourth-order valence-corrected chi connectivity index (χ4v) is 3.33. The van der Waals surface area contributed by atoms with E-state index < -0.39 is 12.1 Å². The summed E-state index contributed by atoms with van der Waals surface area (Å²) in [5.74, 6) is 0.0516. The highest BCUT2D eigenvalue weighted by atomic mass is 16.6. The summed E-state index contributed by atoms with van der Waals surface area (Å²) in [6.07, 6.45) is 1.48.